The monoisotopic (exact) mass is 480 g/mol. The molecule has 4 aromatic rings. The third kappa shape index (κ3) is 4.89. The normalized spacial score (nSPS) is 10.8. The van der Waals surface area contributed by atoms with Crippen molar-refractivity contribution in [3.8, 4) is 27.9 Å². The number of ether oxygens (including phenoxy) is 2. The van der Waals surface area contributed by atoms with Crippen molar-refractivity contribution >= 4 is 34.8 Å². The Kier molecular flexibility index (Phi) is 7.00. The summed E-state index contributed by atoms with van der Waals surface area (Å²) in [5, 5.41) is 10.2. The molecule has 0 spiro atoms. The smallest absolute Gasteiger partial charge is 0.257 e. The number of rotatable bonds is 8. The molecule has 1 amide bonds. The quantitative estimate of drug-likeness (QED) is 0.327. The molecule has 9 heteroatoms. The van der Waals surface area contributed by atoms with Crippen LogP contribution in [0.15, 0.2) is 58.8 Å². The summed E-state index contributed by atoms with van der Waals surface area (Å²) in [6.45, 7) is 3.95. The maximum Gasteiger partial charge on any atom is 0.257 e. The second kappa shape index (κ2) is 10.1. The number of benzene rings is 2. The Bertz CT molecular complexity index is 1280. The molecule has 0 unspecified atom stereocenters. The molecule has 170 valence electrons. The van der Waals surface area contributed by atoms with Gasteiger partial charge in [-0.25, -0.2) is 4.98 Å². The van der Waals surface area contributed by atoms with Crippen LogP contribution in [0.25, 0.3) is 16.4 Å². The number of carbonyl (C=O) groups excluding carboxylic acids is 1. The minimum atomic E-state index is -0.177. The van der Waals surface area contributed by atoms with Crippen LogP contribution in [-0.4, -0.2) is 40.6 Å². The molecule has 33 heavy (non-hydrogen) atoms. The number of thiazole rings is 1. The Morgan fingerprint density at radius 3 is 2.67 bits per heavy atom. The summed E-state index contributed by atoms with van der Waals surface area (Å²) in [4.78, 5) is 18.8. The van der Waals surface area contributed by atoms with E-state index in [0.717, 1.165) is 27.6 Å². The number of methoxy groups -OCH3 is 2. The zero-order chi connectivity index (χ0) is 23.4. The van der Waals surface area contributed by atoms with E-state index in [1.807, 2.05) is 60.8 Å². The van der Waals surface area contributed by atoms with Gasteiger partial charge in [0, 0.05) is 21.9 Å². The molecule has 7 nitrogen and oxygen atoms in total. The topological polar surface area (TPSA) is 78.3 Å². The zero-order valence-corrected chi connectivity index (χ0v) is 20.4. The number of hydrogen-bond donors (Lipinski definition) is 1. The van der Waals surface area contributed by atoms with E-state index in [1.54, 1.807) is 30.7 Å². The predicted molar refractivity (Wildman–Crippen MR) is 133 cm³/mol. The molecule has 0 radical (unpaired) electrons. The first-order chi connectivity index (χ1) is 16.0. The van der Waals surface area contributed by atoms with Gasteiger partial charge in [0.25, 0.3) is 5.91 Å². The summed E-state index contributed by atoms with van der Waals surface area (Å²) in [7, 11) is 3.21. The summed E-state index contributed by atoms with van der Waals surface area (Å²) in [6, 6.07) is 15.1. The van der Waals surface area contributed by atoms with Crippen LogP contribution in [0.4, 0.5) is 5.82 Å². The Balaban J connectivity index is 1.63. The van der Waals surface area contributed by atoms with E-state index in [0.29, 0.717) is 28.0 Å². The van der Waals surface area contributed by atoms with E-state index >= 15 is 0 Å². The fraction of sp³-hybridized carbons (Fsp3) is 0.208. The highest BCUT2D eigenvalue weighted by Gasteiger charge is 2.17. The SMILES string of the molecule is CCSc1ccccc1C(=O)Nc1cc(C)nn1-c1nc(-c2ccc(OC)c(OC)c2)cs1. The summed E-state index contributed by atoms with van der Waals surface area (Å²) < 4.78 is 12.4. The van der Waals surface area contributed by atoms with Gasteiger partial charge in [-0.05, 0) is 43.0 Å². The highest BCUT2D eigenvalue weighted by Crippen LogP contribution is 2.34. The highest BCUT2D eigenvalue weighted by molar-refractivity contribution is 7.99. The van der Waals surface area contributed by atoms with Crippen LogP contribution in [0.3, 0.4) is 0 Å². The van der Waals surface area contributed by atoms with Gasteiger partial charge in [0.2, 0.25) is 5.13 Å². The first-order valence-corrected chi connectivity index (χ1v) is 12.2. The van der Waals surface area contributed by atoms with Crippen LogP contribution in [-0.2, 0) is 0 Å². The molecule has 0 fully saturated rings. The summed E-state index contributed by atoms with van der Waals surface area (Å²) in [5.74, 6) is 2.58. The van der Waals surface area contributed by atoms with Crippen LogP contribution in [0, 0.1) is 6.92 Å². The number of thioether (sulfide) groups is 1. The third-order valence-corrected chi connectivity index (χ3v) is 6.63. The highest BCUT2D eigenvalue weighted by atomic mass is 32.2. The van der Waals surface area contributed by atoms with Crippen molar-refractivity contribution in [1.29, 1.82) is 0 Å². The van der Waals surface area contributed by atoms with E-state index in [-0.39, 0.29) is 5.91 Å². The van der Waals surface area contributed by atoms with Crippen LogP contribution in [0.5, 0.6) is 11.5 Å². The van der Waals surface area contributed by atoms with E-state index in [9.17, 15) is 4.79 Å². The number of hydrogen-bond acceptors (Lipinski definition) is 7. The predicted octanol–water partition coefficient (Wildman–Crippen LogP) is 5.69. The Morgan fingerprint density at radius 1 is 1.12 bits per heavy atom. The fourth-order valence-electron chi connectivity index (χ4n) is 3.34. The lowest BCUT2D eigenvalue weighted by Gasteiger charge is -2.10. The van der Waals surface area contributed by atoms with E-state index in [1.165, 1.54) is 11.3 Å². The summed E-state index contributed by atoms with van der Waals surface area (Å²) >= 11 is 3.08. The number of nitrogens with zero attached hydrogens (tertiary/aromatic N) is 3. The molecule has 2 heterocycles. The number of carbonyl (C=O) groups is 1. The van der Waals surface area contributed by atoms with E-state index < -0.39 is 0 Å². The minimum absolute atomic E-state index is 0.177. The lowest BCUT2D eigenvalue weighted by atomic mass is 10.1. The Morgan fingerprint density at radius 2 is 1.91 bits per heavy atom. The van der Waals surface area contributed by atoms with Crippen LogP contribution < -0.4 is 14.8 Å². The van der Waals surface area contributed by atoms with Crippen molar-refractivity contribution in [2.24, 2.45) is 0 Å². The molecule has 4 rings (SSSR count). The van der Waals surface area contributed by atoms with Crippen molar-refractivity contribution in [2.45, 2.75) is 18.7 Å². The van der Waals surface area contributed by atoms with Gasteiger partial charge in [-0.15, -0.1) is 23.1 Å². The van der Waals surface area contributed by atoms with Crippen molar-refractivity contribution in [3.05, 3.63) is 65.2 Å². The van der Waals surface area contributed by atoms with Crippen LogP contribution in [0.2, 0.25) is 0 Å². The van der Waals surface area contributed by atoms with Crippen molar-refractivity contribution < 1.29 is 14.3 Å². The molecule has 0 saturated heterocycles. The van der Waals surface area contributed by atoms with Gasteiger partial charge < -0.3 is 14.8 Å². The maximum atomic E-state index is 13.1. The lowest BCUT2D eigenvalue weighted by Crippen LogP contribution is -2.16. The molecule has 0 aliphatic heterocycles. The number of aromatic nitrogens is 3. The summed E-state index contributed by atoms with van der Waals surface area (Å²) in [5.41, 5.74) is 3.10. The van der Waals surface area contributed by atoms with Gasteiger partial charge in [0.1, 0.15) is 5.82 Å². The second-order valence-electron chi connectivity index (χ2n) is 7.05. The average Bonchev–Trinajstić information content (AvgIpc) is 3.45. The Labute approximate surface area is 200 Å². The third-order valence-electron chi connectivity index (χ3n) is 4.86. The van der Waals surface area contributed by atoms with Crippen molar-refractivity contribution in [1.82, 2.24) is 14.8 Å². The summed E-state index contributed by atoms with van der Waals surface area (Å²) in [6.07, 6.45) is 0. The molecule has 1 N–H and O–H groups in total. The number of anilines is 1. The molecule has 0 atom stereocenters. The largest absolute Gasteiger partial charge is 0.493 e. The minimum Gasteiger partial charge on any atom is -0.493 e. The molecule has 0 aliphatic carbocycles. The number of amides is 1. The van der Waals surface area contributed by atoms with Gasteiger partial charge in [0.05, 0.1) is 31.2 Å². The maximum absolute atomic E-state index is 13.1. The molecular formula is C24H24N4O3S2. The van der Waals surface area contributed by atoms with Gasteiger partial charge in [-0.1, -0.05) is 19.1 Å². The van der Waals surface area contributed by atoms with Gasteiger partial charge in [0.15, 0.2) is 11.5 Å². The van der Waals surface area contributed by atoms with Crippen molar-refractivity contribution in [2.75, 3.05) is 25.3 Å². The standard InChI is InChI=1S/C24H24N4O3S2/c1-5-32-21-9-7-6-8-17(21)23(29)26-22-12-15(2)27-28(22)24-25-18(14-33-24)16-10-11-19(30-3)20(13-16)31-4/h6-14H,5H2,1-4H3,(H,26,29). The van der Waals surface area contributed by atoms with Crippen LogP contribution in [0.1, 0.15) is 23.0 Å². The van der Waals surface area contributed by atoms with Crippen LogP contribution >= 0.6 is 23.1 Å². The molecule has 2 aromatic carbocycles. The fourth-order valence-corrected chi connectivity index (χ4v) is 4.94. The molecule has 0 bridgehead atoms. The van der Waals surface area contributed by atoms with E-state index in [2.05, 4.69) is 17.3 Å². The van der Waals surface area contributed by atoms with Gasteiger partial charge in [-0.3, -0.25) is 4.79 Å². The number of aryl methyl sites for hydroxylation is 1. The zero-order valence-electron chi connectivity index (χ0n) is 18.8. The van der Waals surface area contributed by atoms with E-state index in [4.69, 9.17) is 14.5 Å². The Hall–Kier alpha value is -3.30. The second-order valence-corrected chi connectivity index (χ2v) is 9.19. The van der Waals surface area contributed by atoms with Gasteiger partial charge >= 0.3 is 0 Å². The first-order valence-electron chi connectivity index (χ1n) is 10.3. The lowest BCUT2D eigenvalue weighted by molar-refractivity contribution is 0.102. The van der Waals surface area contributed by atoms with Crippen molar-refractivity contribution in [3.63, 3.8) is 0 Å². The average molecular weight is 481 g/mol. The van der Waals surface area contributed by atoms with Gasteiger partial charge in [-0.2, -0.15) is 9.78 Å². The molecule has 0 aliphatic rings. The molecular weight excluding hydrogens is 456 g/mol. The first kappa shape index (κ1) is 22.9. The molecule has 0 saturated carbocycles. The molecule has 2 aromatic heterocycles. The number of nitrogens with one attached hydrogen (secondary N) is 1.